The molecule has 0 fully saturated rings. The SMILES string of the molecule is O=NC(C(=O)O)=C(O)CCCOCc1ccccc1. The van der Waals surface area contributed by atoms with Gasteiger partial charge >= 0.3 is 5.97 Å². The van der Waals surface area contributed by atoms with E-state index in [0.717, 1.165) is 5.56 Å². The lowest BCUT2D eigenvalue weighted by Crippen LogP contribution is -2.03. The third-order valence-corrected chi connectivity index (χ3v) is 2.38. The number of hydrogen-bond acceptors (Lipinski definition) is 5. The molecule has 0 saturated heterocycles. The molecule has 0 atom stereocenters. The molecule has 0 aliphatic carbocycles. The number of allylic oxidation sites excluding steroid dienone is 1. The summed E-state index contributed by atoms with van der Waals surface area (Å²) in [5.74, 6) is -2.05. The van der Waals surface area contributed by atoms with Gasteiger partial charge in [-0.15, -0.1) is 4.91 Å². The summed E-state index contributed by atoms with van der Waals surface area (Å²) < 4.78 is 5.35. The second-order valence-corrected chi connectivity index (χ2v) is 3.83. The standard InChI is InChI=1S/C13H15NO5/c15-11(12(14-18)13(16)17)7-4-8-19-9-10-5-2-1-3-6-10/h1-3,5-6,15H,4,7-9H2,(H,16,17). The largest absolute Gasteiger partial charge is 0.510 e. The van der Waals surface area contributed by atoms with E-state index in [2.05, 4.69) is 5.18 Å². The van der Waals surface area contributed by atoms with Gasteiger partial charge in [0.2, 0.25) is 5.70 Å². The Labute approximate surface area is 110 Å². The number of benzene rings is 1. The van der Waals surface area contributed by atoms with Gasteiger partial charge in [0, 0.05) is 13.0 Å². The van der Waals surface area contributed by atoms with E-state index >= 15 is 0 Å². The molecule has 0 aromatic heterocycles. The minimum absolute atomic E-state index is 0.0438. The molecule has 6 heteroatoms. The molecule has 0 bridgehead atoms. The zero-order chi connectivity index (χ0) is 14.1. The van der Waals surface area contributed by atoms with Crippen molar-refractivity contribution in [2.45, 2.75) is 19.4 Å². The maximum Gasteiger partial charge on any atom is 0.361 e. The van der Waals surface area contributed by atoms with Crippen molar-refractivity contribution in [2.24, 2.45) is 5.18 Å². The first-order valence-electron chi connectivity index (χ1n) is 5.75. The molecule has 0 unspecified atom stereocenters. The molecule has 19 heavy (non-hydrogen) atoms. The van der Waals surface area contributed by atoms with E-state index in [-0.39, 0.29) is 6.42 Å². The fourth-order valence-electron chi connectivity index (χ4n) is 1.44. The molecule has 1 aromatic rings. The molecule has 1 aromatic carbocycles. The first-order chi connectivity index (χ1) is 9.15. The van der Waals surface area contributed by atoms with Crippen molar-refractivity contribution in [2.75, 3.05) is 6.61 Å². The molecule has 2 N–H and O–H groups in total. The fourth-order valence-corrected chi connectivity index (χ4v) is 1.44. The molecular formula is C13H15NO5. The Morgan fingerprint density at radius 1 is 1.21 bits per heavy atom. The Bertz CT molecular complexity index is 455. The van der Waals surface area contributed by atoms with Gasteiger partial charge in [0.15, 0.2) is 0 Å². The number of aliphatic carboxylic acids is 1. The Balaban J connectivity index is 2.28. The minimum Gasteiger partial charge on any atom is -0.510 e. The summed E-state index contributed by atoms with van der Waals surface area (Å²) in [5, 5.41) is 20.2. The van der Waals surface area contributed by atoms with Crippen LogP contribution in [-0.2, 0) is 16.1 Å². The van der Waals surface area contributed by atoms with Gasteiger partial charge in [0.1, 0.15) is 5.76 Å². The lowest BCUT2D eigenvalue weighted by Gasteiger charge is -2.04. The van der Waals surface area contributed by atoms with Gasteiger partial charge in [0.05, 0.1) is 6.61 Å². The van der Waals surface area contributed by atoms with Gasteiger partial charge < -0.3 is 14.9 Å². The van der Waals surface area contributed by atoms with Gasteiger partial charge in [-0.25, -0.2) is 4.79 Å². The van der Waals surface area contributed by atoms with Crippen molar-refractivity contribution in [3.63, 3.8) is 0 Å². The summed E-state index contributed by atoms with van der Waals surface area (Å²) in [6.07, 6.45) is 0.452. The van der Waals surface area contributed by atoms with Crippen molar-refractivity contribution < 1.29 is 19.7 Å². The van der Waals surface area contributed by atoms with Crippen LogP contribution in [0.25, 0.3) is 0 Å². The van der Waals surface area contributed by atoms with Crippen LogP contribution < -0.4 is 0 Å². The van der Waals surface area contributed by atoms with Gasteiger partial charge in [-0.3, -0.25) is 0 Å². The summed E-state index contributed by atoms with van der Waals surface area (Å²) in [7, 11) is 0. The van der Waals surface area contributed by atoms with Crippen LogP contribution in [0.5, 0.6) is 0 Å². The highest BCUT2D eigenvalue weighted by atomic mass is 16.5. The molecular weight excluding hydrogens is 250 g/mol. The third kappa shape index (κ3) is 5.31. The molecule has 102 valence electrons. The van der Waals surface area contributed by atoms with E-state index in [0.29, 0.717) is 19.6 Å². The lowest BCUT2D eigenvalue weighted by atomic mass is 10.2. The average molecular weight is 265 g/mol. The molecule has 0 amide bonds. The number of rotatable bonds is 8. The minimum atomic E-state index is -1.53. The first kappa shape index (κ1) is 14.8. The number of carbonyl (C=O) groups is 1. The van der Waals surface area contributed by atoms with E-state index in [1.54, 1.807) is 0 Å². The molecule has 0 heterocycles. The second-order valence-electron chi connectivity index (χ2n) is 3.83. The molecule has 0 radical (unpaired) electrons. The van der Waals surface area contributed by atoms with Crippen molar-refractivity contribution in [1.29, 1.82) is 0 Å². The predicted octanol–water partition coefficient (Wildman–Crippen LogP) is 2.60. The van der Waals surface area contributed by atoms with Crippen LogP contribution in [0, 0.1) is 4.91 Å². The Morgan fingerprint density at radius 2 is 1.89 bits per heavy atom. The Kier molecular flexibility index (Phi) is 6.25. The van der Waals surface area contributed by atoms with Gasteiger partial charge in [-0.05, 0) is 17.2 Å². The van der Waals surface area contributed by atoms with Crippen LogP contribution in [0.1, 0.15) is 18.4 Å². The molecule has 1 rings (SSSR count). The maximum absolute atomic E-state index is 10.5. The highest BCUT2D eigenvalue weighted by Gasteiger charge is 2.14. The van der Waals surface area contributed by atoms with E-state index in [4.69, 9.17) is 9.84 Å². The van der Waals surface area contributed by atoms with E-state index in [1.165, 1.54) is 0 Å². The smallest absolute Gasteiger partial charge is 0.361 e. The summed E-state index contributed by atoms with van der Waals surface area (Å²) in [6, 6.07) is 9.57. The first-order valence-corrected chi connectivity index (χ1v) is 5.75. The predicted molar refractivity (Wildman–Crippen MR) is 68.4 cm³/mol. The lowest BCUT2D eigenvalue weighted by molar-refractivity contribution is -0.132. The fraction of sp³-hybridized carbons (Fsp3) is 0.308. The van der Waals surface area contributed by atoms with Crippen LogP contribution >= 0.6 is 0 Å². The van der Waals surface area contributed by atoms with E-state index in [9.17, 15) is 14.8 Å². The van der Waals surface area contributed by atoms with Crippen LogP contribution in [-0.4, -0.2) is 22.8 Å². The van der Waals surface area contributed by atoms with Crippen LogP contribution in [0.2, 0.25) is 0 Å². The Morgan fingerprint density at radius 3 is 2.47 bits per heavy atom. The van der Waals surface area contributed by atoms with Crippen LogP contribution in [0.15, 0.2) is 47.0 Å². The summed E-state index contributed by atoms with van der Waals surface area (Å²) >= 11 is 0. The maximum atomic E-state index is 10.5. The quantitative estimate of drug-likeness (QED) is 0.326. The van der Waals surface area contributed by atoms with E-state index < -0.39 is 17.4 Å². The Hall–Kier alpha value is -2.21. The van der Waals surface area contributed by atoms with Gasteiger partial charge in [-0.2, -0.15) is 0 Å². The number of aliphatic hydroxyl groups excluding tert-OH is 1. The number of carboxylic acids is 1. The summed E-state index contributed by atoms with van der Waals surface area (Å²) in [5.41, 5.74) is 0.186. The third-order valence-electron chi connectivity index (χ3n) is 2.38. The zero-order valence-electron chi connectivity index (χ0n) is 10.3. The van der Waals surface area contributed by atoms with Crippen LogP contribution in [0.3, 0.4) is 0 Å². The average Bonchev–Trinajstić information content (AvgIpc) is 2.40. The highest BCUT2D eigenvalue weighted by molar-refractivity contribution is 5.86. The zero-order valence-corrected chi connectivity index (χ0v) is 10.3. The number of carboxylic acid groups (broad SMARTS) is 1. The highest BCUT2D eigenvalue weighted by Crippen LogP contribution is 2.10. The van der Waals surface area contributed by atoms with Gasteiger partial charge in [0.25, 0.3) is 0 Å². The molecule has 0 saturated carbocycles. The van der Waals surface area contributed by atoms with Crippen molar-refractivity contribution >= 4 is 5.97 Å². The summed E-state index contributed by atoms with van der Waals surface area (Å²) in [6.45, 7) is 0.799. The number of hydrogen-bond donors (Lipinski definition) is 2. The number of nitrogens with zero attached hydrogens (tertiary/aromatic N) is 1. The van der Waals surface area contributed by atoms with Crippen molar-refractivity contribution in [1.82, 2.24) is 0 Å². The van der Waals surface area contributed by atoms with Gasteiger partial charge in [-0.1, -0.05) is 30.3 Å². The normalized spacial score (nSPS) is 11.8. The molecule has 0 aliphatic heterocycles. The molecule has 0 spiro atoms. The number of aliphatic hydroxyl groups is 1. The van der Waals surface area contributed by atoms with Crippen LogP contribution in [0.4, 0.5) is 0 Å². The van der Waals surface area contributed by atoms with E-state index in [1.807, 2.05) is 30.3 Å². The second kappa shape index (κ2) is 7.99. The van der Waals surface area contributed by atoms with Crippen molar-refractivity contribution in [3.05, 3.63) is 52.3 Å². The topological polar surface area (TPSA) is 96.2 Å². The number of nitroso groups, excluding NO2 is 1. The number of ether oxygens (including phenoxy) is 1. The molecule has 6 nitrogen and oxygen atoms in total. The molecule has 0 aliphatic rings. The van der Waals surface area contributed by atoms with Crippen molar-refractivity contribution in [3.8, 4) is 0 Å². The summed E-state index contributed by atoms with van der Waals surface area (Å²) in [4.78, 5) is 20.7. The monoisotopic (exact) mass is 265 g/mol.